The minimum absolute atomic E-state index is 0.350. The maximum atomic E-state index is 12.9. The first-order chi connectivity index (χ1) is 26.3. The van der Waals surface area contributed by atoms with Crippen LogP contribution in [0.3, 0.4) is 0 Å². The molecule has 0 radical (unpaired) electrons. The molecule has 0 N–H and O–H groups in total. The summed E-state index contributed by atoms with van der Waals surface area (Å²) >= 11 is 0. The molecule has 0 unspecified atom stereocenters. The van der Waals surface area contributed by atoms with Gasteiger partial charge in [-0.05, 0) is 109 Å². The molecule has 4 aromatic rings. The zero-order chi connectivity index (χ0) is 40.1. The van der Waals surface area contributed by atoms with E-state index in [1.807, 2.05) is 30.5 Å². The number of benzene rings is 2. The summed E-state index contributed by atoms with van der Waals surface area (Å²) in [5.41, 5.74) is 4.60. The van der Waals surface area contributed by atoms with Gasteiger partial charge in [0.25, 0.3) is 0 Å². The second-order valence-corrected chi connectivity index (χ2v) is 12.6. The number of aryl methyl sites for hydroxylation is 2. The van der Waals surface area contributed by atoms with Gasteiger partial charge in [0, 0.05) is 23.5 Å². The zero-order valence-electron chi connectivity index (χ0n) is 30.8. The van der Waals surface area contributed by atoms with Crippen molar-refractivity contribution in [1.82, 2.24) is 9.97 Å². The number of hydrogen-bond donors (Lipinski definition) is 0. The number of unbranched alkanes of at least 4 members (excludes halogenated alkanes) is 7. The van der Waals surface area contributed by atoms with E-state index in [1.54, 1.807) is 6.20 Å². The zero-order valence-corrected chi connectivity index (χ0v) is 30.8. The molecular weight excluding hydrogens is 728 g/mol. The summed E-state index contributed by atoms with van der Waals surface area (Å²) in [7, 11) is 0. The number of hydrogen-bond acceptors (Lipinski definition) is 4. The molecule has 4 nitrogen and oxygen atoms in total. The van der Waals surface area contributed by atoms with Crippen LogP contribution in [0.4, 0.5) is 35.1 Å². The molecule has 0 aliphatic carbocycles. The summed E-state index contributed by atoms with van der Waals surface area (Å²) in [4.78, 5) is 8.61. The fourth-order valence-corrected chi connectivity index (χ4v) is 4.87. The molecule has 2 aromatic heterocycles. The molecule has 0 amide bonds. The van der Waals surface area contributed by atoms with Crippen molar-refractivity contribution >= 4 is 0 Å². The Hall–Kier alpha value is -5.10. The van der Waals surface area contributed by atoms with Crippen LogP contribution in [-0.4, -0.2) is 35.0 Å². The number of alkyl halides is 8. The van der Waals surface area contributed by atoms with E-state index in [1.165, 1.54) is 99.0 Å². The van der Waals surface area contributed by atoms with Gasteiger partial charge in [-0.3, -0.25) is 0 Å². The molecular formula is C43H44F8N2O2. The van der Waals surface area contributed by atoms with E-state index in [4.69, 9.17) is 0 Å². The van der Waals surface area contributed by atoms with Crippen LogP contribution in [0.5, 0.6) is 11.5 Å². The van der Waals surface area contributed by atoms with Gasteiger partial charge in [-0.25, -0.2) is 9.97 Å². The number of halogens is 8. The first-order valence-corrected chi connectivity index (χ1v) is 18.1. The van der Waals surface area contributed by atoms with Crippen molar-refractivity contribution in [3.63, 3.8) is 0 Å². The van der Waals surface area contributed by atoms with Crippen molar-refractivity contribution in [2.75, 3.05) is 0 Å². The van der Waals surface area contributed by atoms with E-state index >= 15 is 0 Å². The number of pyridine rings is 2. The van der Waals surface area contributed by atoms with Gasteiger partial charge in [-0.15, -0.1) is 0 Å². The lowest BCUT2D eigenvalue weighted by atomic mass is 10.1. The third kappa shape index (κ3) is 16.8. The summed E-state index contributed by atoms with van der Waals surface area (Å²) < 4.78 is 108. The highest BCUT2D eigenvalue weighted by Gasteiger charge is 2.44. The van der Waals surface area contributed by atoms with E-state index in [-0.39, 0.29) is 11.5 Å². The summed E-state index contributed by atoms with van der Waals surface area (Å²) in [6.07, 6.45) is -0.301. The van der Waals surface area contributed by atoms with E-state index < -0.39 is 25.1 Å². The fourth-order valence-electron chi connectivity index (χ4n) is 4.87. The van der Waals surface area contributed by atoms with E-state index in [0.717, 1.165) is 31.2 Å². The van der Waals surface area contributed by atoms with Crippen LogP contribution in [0.2, 0.25) is 0 Å². The smallest absolute Gasteiger partial charge is 0.428 e. The van der Waals surface area contributed by atoms with Crippen molar-refractivity contribution in [2.45, 2.75) is 110 Å². The van der Waals surface area contributed by atoms with Crippen molar-refractivity contribution in [1.29, 1.82) is 0 Å². The molecule has 0 spiro atoms. The molecule has 0 bridgehead atoms. The van der Waals surface area contributed by atoms with E-state index in [9.17, 15) is 35.1 Å². The maximum Gasteiger partial charge on any atom is 0.461 e. The molecule has 0 saturated heterocycles. The monoisotopic (exact) mass is 772 g/mol. The molecule has 55 heavy (non-hydrogen) atoms. The highest BCUT2D eigenvalue weighted by atomic mass is 19.3. The van der Waals surface area contributed by atoms with Crippen LogP contribution < -0.4 is 9.47 Å². The van der Waals surface area contributed by atoms with Crippen LogP contribution in [0.1, 0.15) is 105 Å². The first-order valence-electron chi connectivity index (χ1n) is 18.1. The standard InChI is InChI=1S/C22H23F4NO.C21H21F4NO/c1-2-3-4-5-6-7-18-9-13-19(27-16-18)12-8-17-10-14-20(15-11-17)28-22(25,26)21(23)24;1-2-3-4-5-6-17-8-12-18(26-15-17)11-7-16-9-13-19(14-10-16)27-21(24,25)20(22)23/h9-11,13-16,21H,2-7H2,1H3;8-10,12-15,20H,2-6H2,1H3. The topological polar surface area (TPSA) is 44.2 Å². The maximum absolute atomic E-state index is 12.9. The Labute approximate surface area is 317 Å². The Morgan fingerprint density at radius 3 is 1.18 bits per heavy atom. The number of ether oxygens (including phenoxy) is 2. The largest absolute Gasteiger partial charge is 0.461 e. The molecule has 0 aliphatic heterocycles. The molecule has 2 aromatic carbocycles. The molecule has 4 rings (SSSR count). The quantitative estimate of drug-likeness (QED) is 0.0609. The van der Waals surface area contributed by atoms with Gasteiger partial charge < -0.3 is 9.47 Å². The second-order valence-electron chi connectivity index (χ2n) is 12.6. The normalized spacial score (nSPS) is 11.2. The second kappa shape index (κ2) is 23.0. The summed E-state index contributed by atoms with van der Waals surface area (Å²) in [6.45, 7) is 4.37. The fraction of sp³-hybridized carbons (Fsp3) is 0.395. The predicted molar refractivity (Wildman–Crippen MR) is 197 cm³/mol. The predicted octanol–water partition coefficient (Wildman–Crippen LogP) is 12.1. The van der Waals surface area contributed by atoms with Crippen LogP contribution in [0.25, 0.3) is 0 Å². The van der Waals surface area contributed by atoms with Gasteiger partial charge in [0.05, 0.1) is 0 Å². The lowest BCUT2D eigenvalue weighted by Gasteiger charge is -2.16. The van der Waals surface area contributed by atoms with Gasteiger partial charge in [-0.2, -0.15) is 35.1 Å². The molecule has 2 heterocycles. The van der Waals surface area contributed by atoms with Gasteiger partial charge in [-0.1, -0.05) is 82.8 Å². The average molecular weight is 773 g/mol. The molecule has 0 fully saturated rings. The van der Waals surface area contributed by atoms with E-state index in [0.29, 0.717) is 22.5 Å². The Morgan fingerprint density at radius 1 is 0.491 bits per heavy atom. The van der Waals surface area contributed by atoms with Gasteiger partial charge in [0.1, 0.15) is 22.9 Å². The minimum Gasteiger partial charge on any atom is -0.428 e. The van der Waals surface area contributed by atoms with E-state index in [2.05, 4.69) is 57.0 Å². The number of aromatic nitrogens is 2. The van der Waals surface area contributed by atoms with Gasteiger partial charge in [0.15, 0.2) is 0 Å². The number of nitrogens with zero attached hydrogens (tertiary/aromatic N) is 2. The summed E-state index contributed by atoms with van der Waals surface area (Å²) in [5, 5.41) is 0. The molecule has 12 heteroatoms. The van der Waals surface area contributed by atoms with Crippen molar-refractivity contribution in [3.8, 4) is 35.2 Å². The van der Waals surface area contributed by atoms with Crippen LogP contribution >= 0.6 is 0 Å². The van der Waals surface area contributed by atoms with Gasteiger partial charge in [0.2, 0.25) is 0 Å². The molecule has 294 valence electrons. The molecule has 0 atom stereocenters. The van der Waals surface area contributed by atoms with Crippen LogP contribution in [0, 0.1) is 23.7 Å². The number of rotatable bonds is 17. The Kier molecular flexibility index (Phi) is 18.5. The summed E-state index contributed by atoms with van der Waals surface area (Å²) in [6, 6.07) is 18.1. The van der Waals surface area contributed by atoms with Crippen molar-refractivity contribution < 1.29 is 44.6 Å². The van der Waals surface area contributed by atoms with Crippen molar-refractivity contribution in [3.05, 3.63) is 119 Å². The lowest BCUT2D eigenvalue weighted by molar-refractivity contribution is -0.253. The highest BCUT2D eigenvalue weighted by molar-refractivity contribution is 5.43. The molecule has 0 aliphatic rings. The minimum atomic E-state index is -4.52. The van der Waals surface area contributed by atoms with Crippen molar-refractivity contribution in [2.24, 2.45) is 0 Å². The third-order valence-corrected chi connectivity index (χ3v) is 7.93. The molecule has 0 saturated carbocycles. The third-order valence-electron chi connectivity index (χ3n) is 7.93. The Morgan fingerprint density at radius 2 is 0.855 bits per heavy atom. The highest BCUT2D eigenvalue weighted by Crippen LogP contribution is 2.28. The lowest BCUT2D eigenvalue weighted by Crippen LogP contribution is -2.33. The first kappa shape index (κ1) is 44.3. The van der Waals surface area contributed by atoms with Gasteiger partial charge >= 0.3 is 25.1 Å². The Balaban J connectivity index is 0.000000296. The van der Waals surface area contributed by atoms with Crippen LogP contribution in [0.15, 0.2) is 85.2 Å². The van der Waals surface area contributed by atoms with Crippen LogP contribution in [-0.2, 0) is 12.8 Å². The SMILES string of the molecule is CCCCCCCc1ccc(C#Cc2ccc(OC(F)(F)C(F)F)cc2)nc1.CCCCCCc1ccc(C#Cc2ccc(OC(F)(F)C(F)F)cc2)nc1. The summed E-state index contributed by atoms with van der Waals surface area (Å²) in [5.74, 6) is 10.8. The Bertz CT molecular complexity index is 1810. The average Bonchev–Trinajstić information content (AvgIpc) is 3.17.